The predicted molar refractivity (Wildman–Crippen MR) is 74.6 cm³/mol. The van der Waals surface area contributed by atoms with Gasteiger partial charge in [-0.1, -0.05) is 37.1 Å². The molecule has 1 amide bonds. The van der Waals surface area contributed by atoms with Gasteiger partial charge in [-0.25, -0.2) is 4.98 Å². The van der Waals surface area contributed by atoms with Crippen molar-refractivity contribution in [1.82, 2.24) is 10.3 Å². The first-order valence-electron chi connectivity index (χ1n) is 6.64. The Morgan fingerprint density at radius 3 is 2.83 bits per heavy atom. The second-order valence-corrected chi connectivity index (χ2v) is 6.13. The second kappa shape index (κ2) is 6.78. The number of nitrogens with zero attached hydrogens (tertiary/aromatic N) is 1. The molecule has 1 aromatic rings. The summed E-state index contributed by atoms with van der Waals surface area (Å²) in [7, 11) is 0. The number of thioether (sulfide) groups is 1. The zero-order chi connectivity index (χ0) is 12.8. The van der Waals surface area contributed by atoms with E-state index < -0.39 is 0 Å². The smallest absolute Gasteiger partial charge is 0.233 e. The Morgan fingerprint density at radius 1 is 1.39 bits per heavy atom. The minimum Gasteiger partial charge on any atom is -0.352 e. The van der Waals surface area contributed by atoms with Crippen LogP contribution in [-0.2, 0) is 4.79 Å². The lowest BCUT2D eigenvalue weighted by Crippen LogP contribution is -2.40. The lowest BCUT2D eigenvalue weighted by molar-refractivity contribution is -0.121. The van der Waals surface area contributed by atoms with Crippen LogP contribution in [0.1, 0.15) is 39.0 Å². The van der Waals surface area contributed by atoms with E-state index in [1.54, 1.807) is 6.20 Å². The number of hydrogen-bond acceptors (Lipinski definition) is 3. The summed E-state index contributed by atoms with van der Waals surface area (Å²) >= 11 is 1.52. The van der Waals surface area contributed by atoms with Gasteiger partial charge in [-0.05, 0) is 31.9 Å². The molecule has 1 saturated carbocycles. The third-order valence-corrected chi connectivity index (χ3v) is 4.31. The van der Waals surface area contributed by atoms with E-state index in [1.807, 2.05) is 25.1 Å². The van der Waals surface area contributed by atoms with Crippen molar-refractivity contribution in [1.29, 1.82) is 0 Å². The number of hydrogen-bond donors (Lipinski definition) is 1. The fraction of sp³-hybridized carbons (Fsp3) is 0.571. The van der Waals surface area contributed by atoms with Gasteiger partial charge in [0.05, 0.1) is 10.3 Å². The van der Waals surface area contributed by atoms with Gasteiger partial charge >= 0.3 is 0 Å². The van der Waals surface area contributed by atoms with Crippen molar-refractivity contribution in [3.63, 3.8) is 0 Å². The highest BCUT2D eigenvalue weighted by molar-refractivity contribution is 8.00. The van der Waals surface area contributed by atoms with Gasteiger partial charge in [0, 0.05) is 12.2 Å². The van der Waals surface area contributed by atoms with E-state index in [9.17, 15) is 4.79 Å². The molecule has 3 nitrogen and oxygen atoms in total. The summed E-state index contributed by atoms with van der Waals surface area (Å²) in [5.74, 6) is 0.137. The molecule has 1 N–H and O–H groups in total. The molecule has 1 atom stereocenters. The first-order valence-corrected chi connectivity index (χ1v) is 7.52. The van der Waals surface area contributed by atoms with Gasteiger partial charge in [-0.3, -0.25) is 4.79 Å². The Balaban J connectivity index is 1.81. The first kappa shape index (κ1) is 13.4. The number of nitrogens with one attached hydrogen (secondary N) is 1. The largest absolute Gasteiger partial charge is 0.352 e. The monoisotopic (exact) mass is 264 g/mol. The van der Waals surface area contributed by atoms with Crippen LogP contribution in [0.15, 0.2) is 29.4 Å². The van der Waals surface area contributed by atoms with E-state index in [0.717, 1.165) is 17.9 Å². The minimum atomic E-state index is -0.0816. The van der Waals surface area contributed by atoms with Crippen molar-refractivity contribution in [2.45, 2.75) is 55.3 Å². The molecule has 0 aliphatic heterocycles. The molecule has 0 bridgehead atoms. The lowest BCUT2D eigenvalue weighted by atomic mass is 9.95. The summed E-state index contributed by atoms with van der Waals surface area (Å²) in [5.41, 5.74) is 0. The topological polar surface area (TPSA) is 42.0 Å². The third-order valence-electron chi connectivity index (χ3n) is 3.26. The standard InChI is InChI=1S/C14H20N2OS/c1-11(18-13-9-5-6-10-15-13)14(17)16-12-7-3-2-4-8-12/h5-6,9-12H,2-4,7-8H2,1H3,(H,16,17)/t11-/m0/s1. The normalized spacial score (nSPS) is 18.3. The van der Waals surface area contributed by atoms with Crippen LogP contribution in [0.2, 0.25) is 0 Å². The van der Waals surface area contributed by atoms with Gasteiger partial charge in [0.25, 0.3) is 0 Å². The van der Waals surface area contributed by atoms with Crippen molar-refractivity contribution in [2.75, 3.05) is 0 Å². The highest BCUT2D eigenvalue weighted by Crippen LogP contribution is 2.22. The molecule has 4 heteroatoms. The predicted octanol–water partition coefficient (Wildman–Crippen LogP) is 3.01. The summed E-state index contributed by atoms with van der Waals surface area (Å²) in [6, 6.07) is 6.16. The van der Waals surface area contributed by atoms with Crippen molar-refractivity contribution >= 4 is 17.7 Å². The number of amides is 1. The summed E-state index contributed by atoms with van der Waals surface area (Å²) in [5, 5.41) is 3.98. The molecule has 0 unspecified atom stereocenters. The fourth-order valence-electron chi connectivity index (χ4n) is 2.22. The van der Waals surface area contributed by atoms with E-state index in [0.29, 0.717) is 6.04 Å². The minimum absolute atomic E-state index is 0.0816. The molecule has 1 fully saturated rings. The molecule has 0 saturated heterocycles. The first-order chi connectivity index (χ1) is 8.75. The Bertz CT molecular complexity index is 377. The third kappa shape index (κ3) is 4.02. The summed E-state index contributed by atoms with van der Waals surface area (Å²) in [6.07, 6.45) is 7.82. The molecular weight excluding hydrogens is 244 g/mol. The van der Waals surface area contributed by atoms with E-state index in [4.69, 9.17) is 0 Å². The maximum absolute atomic E-state index is 12.1. The second-order valence-electron chi connectivity index (χ2n) is 4.77. The highest BCUT2D eigenvalue weighted by Gasteiger charge is 2.20. The van der Waals surface area contributed by atoms with Gasteiger partial charge in [-0.2, -0.15) is 0 Å². The van der Waals surface area contributed by atoms with Crippen LogP contribution in [0.25, 0.3) is 0 Å². The van der Waals surface area contributed by atoms with Crippen LogP contribution in [0.4, 0.5) is 0 Å². The zero-order valence-electron chi connectivity index (χ0n) is 10.8. The van der Waals surface area contributed by atoms with Crippen molar-refractivity contribution in [3.05, 3.63) is 24.4 Å². The summed E-state index contributed by atoms with van der Waals surface area (Å²) in [4.78, 5) is 16.3. The number of rotatable bonds is 4. The number of pyridine rings is 1. The SMILES string of the molecule is C[C@H](Sc1ccccn1)C(=O)NC1CCCCC1. The number of aromatic nitrogens is 1. The van der Waals surface area contributed by atoms with Gasteiger partial charge < -0.3 is 5.32 Å². The van der Waals surface area contributed by atoms with Crippen molar-refractivity contribution in [3.8, 4) is 0 Å². The molecule has 1 heterocycles. The van der Waals surface area contributed by atoms with Gasteiger partial charge in [0.15, 0.2) is 0 Å². The van der Waals surface area contributed by atoms with Gasteiger partial charge in [-0.15, -0.1) is 0 Å². The maximum Gasteiger partial charge on any atom is 0.233 e. The fourth-order valence-corrected chi connectivity index (χ4v) is 3.03. The van der Waals surface area contributed by atoms with Crippen LogP contribution >= 0.6 is 11.8 Å². The average molecular weight is 264 g/mol. The molecule has 98 valence electrons. The van der Waals surface area contributed by atoms with E-state index in [1.165, 1.54) is 31.0 Å². The summed E-state index contributed by atoms with van der Waals surface area (Å²) in [6.45, 7) is 1.94. The molecule has 0 aromatic carbocycles. The Hall–Kier alpha value is -1.03. The number of carbonyl (C=O) groups is 1. The molecule has 1 aliphatic rings. The molecule has 0 radical (unpaired) electrons. The molecule has 1 aliphatic carbocycles. The molecular formula is C14H20N2OS. The van der Waals surface area contributed by atoms with Crippen LogP contribution in [0, 0.1) is 0 Å². The van der Waals surface area contributed by atoms with E-state index in [2.05, 4.69) is 10.3 Å². The van der Waals surface area contributed by atoms with Crippen LogP contribution < -0.4 is 5.32 Å². The van der Waals surface area contributed by atoms with Crippen molar-refractivity contribution in [2.24, 2.45) is 0 Å². The van der Waals surface area contributed by atoms with Crippen LogP contribution in [0.5, 0.6) is 0 Å². The van der Waals surface area contributed by atoms with E-state index in [-0.39, 0.29) is 11.2 Å². The van der Waals surface area contributed by atoms with Gasteiger partial charge in [0.1, 0.15) is 0 Å². The molecule has 18 heavy (non-hydrogen) atoms. The van der Waals surface area contributed by atoms with Gasteiger partial charge in [0.2, 0.25) is 5.91 Å². The maximum atomic E-state index is 12.1. The molecule has 0 spiro atoms. The quantitative estimate of drug-likeness (QED) is 0.850. The Labute approximate surface area is 113 Å². The molecule has 1 aromatic heterocycles. The average Bonchev–Trinajstić information content (AvgIpc) is 2.41. The Morgan fingerprint density at radius 2 is 2.17 bits per heavy atom. The van der Waals surface area contributed by atoms with Crippen molar-refractivity contribution < 1.29 is 4.79 Å². The number of carbonyl (C=O) groups excluding carboxylic acids is 1. The highest BCUT2D eigenvalue weighted by atomic mass is 32.2. The van der Waals surface area contributed by atoms with Crippen LogP contribution in [0.3, 0.4) is 0 Å². The zero-order valence-corrected chi connectivity index (χ0v) is 11.6. The van der Waals surface area contributed by atoms with E-state index >= 15 is 0 Å². The summed E-state index contributed by atoms with van der Waals surface area (Å²) < 4.78 is 0. The van der Waals surface area contributed by atoms with Crippen LogP contribution in [-0.4, -0.2) is 22.2 Å². The Kier molecular flexibility index (Phi) is 5.05. The molecule has 2 rings (SSSR count). The lowest BCUT2D eigenvalue weighted by Gasteiger charge is -2.24.